The smallest absolute Gasteiger partial charge is 0.407 e. The molecular formula is C18H34N4O4. The number of hydrogen-bond donors (Lipinski definition) is 3. The summed E-state index contributed by atoms with van der Waals surface area (Å²) in [5.74, 6) is -0.145. The minimum Gasteiger partial charge on any atom is -0.444 e. The lowest BCUT2D eigenvalue weighted by molar-refractivity contribution is -0.128. The number of piperidine rings is 1. The number of hydrogen-bond acceptors (Lipinski definition) is 5. The predicted molar refractivity (Wildman–Crippen MR) is 99.7 cm³/mol. The highest BCUT2D eigenvalue weighted by atomic mass is 16.6. The zero-order chi connectivity index (χ0) is 19.6. The second-order valence-corrected chi connectivity index (χ2v) is 7.64. The van der Waals surface area contributed by atoms with Gasteiger partial charge in [0.05, 0.1) is 12.5 Å². The van der Waals surface area contributed by atoms with Gasteiger partial charge in [0, 0.05) is 26.2 Å². The SMILES string of the molecule is CCCNC(=O)CN1CCCC(C(=O)NCCNC(=O)OC(C)(C)C)C1. The molecule has 1 unspecified atom stereocenters. The Morgan fingerprint density at radius 3 is 2.42 bits per heavy atom. The summed E-state index contributed by atoms with van der Waals surface area (Å²) in [5.41, 5.74) is -0.539. The molecule has 3 N–H and O–H groups in total. The summed E-state index contributed by atoms with van der Waals surface area (Å²) >= 11 is 0. The largest absolute Gasteiger partial charge is 0.444 e. The minimum absolute atomic E-state index is 0.00877. The molecule has 8 nitrogen and oxygen atoms in total. The van der Waals surface area contributed by atoms with E-state index in [0.29, 0.717) is 32.7 Å². The molecule has 1 rings (SSSR count). The summed E-state index contributed by atoms with van der Waals surface area (Å²) < 4.78 is 5.13. The average Bonchev–Trinajstić information content (AvgIpc) is 2.55. The highest BCUT2D eigenvalue weighted by Crippen LogP contribution is 2.16. The first-order chi connectivity index (χ1) is 12.2. The van der Waals surface area contributed by atoms with Gasteiger partial charge >= 0.3 is 6.09 Å². The van der Waals surface area contributed by atoms with Crippen molar-refractivity contribution in [3.05, 3.63) is 0 Å². The maximum absolute atomic E-state index is 12.3. The van der Waals surface area contributed by atoms with Gasteiger partial charge in [-0.05, 0) is 46.6 Å². The average molecular weight is 370 g/mol. The molecule has 0 aromatic heterocycles. The Labute approximate surface area is 156 Å². The van der Waals surface area contributed by atoms with Crippen LogP contribution in [0.5, 0.6) is 0 Å². The first kappa shape index (κ1) is 22.2. The fraction of sp³-hybridized carbons (Fsp3) is 0.833. The lowest BCUT2D eigenvalue weighted by Gasteiger charge is -2.31. The highest BCUT2D eigenvalue weighted by molar-refractivity contribution is 5.80. The Hall–Kier alpha value is -1.83. The third kappa shape index (κ3) is 9.60. The number of rotatable bonds is 8. The molecular weight excluding hydrogens is 336 g/mol. The first-order valence-electron chi connectivity index (χ1n) is 9.45. The van der Waals surface area contributed by atoms with Crippen LogP contribution < -0.4 is 16.0 Å². The summed E-state index contributed by atoms with van der Waals surface area (Å²) in [6.07, 6.45) is 2.13. The highest BCUT2D eigenvalue weighted by Gasteiger charge is 2.26. The lowest BCUT2D eigenvalue weighted by atomic mass is 9.97. The van der Waals surface area contributed by atoms with Crippen LogP contribution in [0.3, 0.4) is 0 Å². The van der Waals surface area contributed by atoms with E-state index >= 15 is 0 Å². The van der Waals surface area contributed by atoms with Gasteiger partial charge in [-0.25, -0.2) is 4.79 Å². The van der Waals surface area contributed by atoms with Crippen LogP contribution in [0.2, 0.25) is 0 Å². The number of carbonyl (C=O) groups excluding carboxylic acids is 3. The molecule has 0 aromatic rings. The Bertz CT molecular complexity index is 476. The van der Waals surface area contributed by atoms with E-state index < -0.39 is 11.7 Å². The molecule has 0 bridgehead atoms. The van der Waals surface area contributed by atoms with Gasteiger partial charge in [-0.3, -0.25) is 14.5 Å². The van der Waals surface area contributed by atoms with Gasteiger partial charge in [-0.2, -0.15) is 0 Å². The van der Waals surface area contributed by atoms with Gasteiger partial charge < -0.3 is 20.7 Å². The van der Waals surface area contributed by atoms with Gasteiger partial charge in [0.1, 0.15) is 5.60 Å². The van der Waals surface area contributed by atoms with Crippen LogP contribution in [-0.2, 0) is 14.3 Å². The molecule has 0 radical (unpaired) electrons. The Morgan fingerprint density at radius 1 is 1.08 bits per heavy atom. The molecule has 150 valence electrons. The second-order valence-electron chi connectivity index (χ2n) is 7.64. The van der Waals surface area contributed by atoms with E-state index in [9.17, 15) is 14.4 Å². The summed E-state index contributed by atoms with van der Waals surface area (Å²) in [5, 5.41) is 8.31. The van der Waals surface area contributed by atoms with Gasteiger partial charge in [0.2, 0.25) is 11.8 Å². The molecule has 1 heterocycles. The third-order valence-corrected chi connectivity index (χ3v) is 3.91. The van der Waals surface area contributed by atoms with E-state index in [1.807, 2.05) is 11.8 Å². The van der Waals surface area contributed by atoms with Gasteiger partial charge in [-0.15, -0.1) is 0 Å². The molecule has 3 amide bonds. The van der Waals surface area contributed by atoms with Crippen molar-refractivity contribution in [2.45, 2.75) is 52.6 Å². The molecule has 0 spiro atoms. The van der Waals surface area contributed by atoms with E-state index in [-0.39, 0.29) is 17.7 Å². The van der Waals surface area contributed by atoms with Crippen LogP contribution in [-0.4, -0.2) is 67.7 Å². The molecule has 0 aromatic carbocycles. The van der Waals surface area contributed by atoms with Crippen molar-refractivity contribution < 1.29 is 19.1 Å². The van der Waals surface area contributed by atoms with Crippen molar-refractivity contribution in [3.63, 3.8) is 0 Å². The van der Waals surface area contributed by atoms with E-state index in [4.69, 9.17) is 4.74 Å². The molecule has 0 aliphatic carbocycles. The summed E-state index contributed by atoms with van der Waals surface area (Å²) in [6.45, 7) is 10.5. The topological polar surface area (TPSA) is 99.8 Å². The number of likely N-dealkylation sites (tertiary alicyclic amines) is 1. The Kier molecular flexibility index (Phi) is 9.40. The van der Waals surface area contributed by atoms with Crippen molar-refractivity contribution in [2.24, 2.45) is 5.92 Å². The van der Waals surface area contributed by atoms with Crippen molar-refractivity contribution in [1.29, 1.82) is 0 Å². The lowest BCUT2D eigenvalue weighted by Crippen LogP contribution is -2.47. The van der Waals surface area contributed by atoms with E-state index in [2.05, 4.69) is 16.0 Å². The normalized spacial score (nSPS) is 18.1. The summed E-state index contributed by atoms with van der Waals surface area (Å²) in [7, 11) is 0. The molecule has 1 atom stereocenters. The molecule has 8 heteroatoms. The Morgan fingerprint density at radius 2 is 1.77 bits per heavy atom. The summed E-state index contributed by atoms with van der Waals surface area (Å²) in [6, 6.07) is 0. The monoisotopic (exact) mass is 370 g/mol. The van der Waals surface area contributed by atoms with Crippen molar-refractivity contribution in [3.8, 4) is 0 Å². The molecule has 1 aliphatic rings. The number of amides is 3. The van der Waals surface area contributed by atoms with Crippen LogP contribution >= 0.6 is 0 Å². The third-order valence-electron chi connectivity index (χ3n) is 3.91. The van der Waals surface area contributed by atoms with Crippen LogP contribution in [0.4, 0.5) is 4.79 Å². The zero-order valence-electron chi connectivity index (χ0n) is 16.5. The molecule has 1 aliphatic heterocycles. The number of nitrogens with zero attached hydrogens (tertiary/aromatic N) is 1. The first-order valence-corrected chi connectivity index (χ1v) is 9.45. The second kappa shape index (κ2) is 11.0. The summed E-state index contributed by atoms with van der Waals surface area (Å²) in [4.78, 5) is 37.7. The van der Waals surface area contributed by atoms with Crippen LogP contribution in [0.25, 0.3) is 0 Å². The van der Waals surface area contributed by atoms with Crippen LogP contribution in [0.1, 0.15) is 47.0 Å². The fourth-order valence-electron chi connectivity index (χ4n) is 2.75. The van der Waals surface area contributed by atoms with Gasteiger partial charge in [-0.1, -0.05) is 6.92 Å². The molecule has 0 saturated carbocycles. The quantitative estimate of drug-likeness (QED) is 0.551. The maximum Gasteiger partial charge on any atom is 0.407 e. The Balaban J connectivity index is 2.25. The number of alkyl carbamates (subject to hydrolysis) is 1. The van der Waals surface area contributed by atoms with Crippen LogP contribution in [0.15, 0.2) is 0 Å². The number of nitrogens with one attached hydrogen (secondary N) is 3. The predicted octanol–water partition coefficient (Wildman–Crippen LogP) is 0.866. The molecule has 1 fully saturated rings. The standard InChI is InChI=1S/C18H34N4O4/c1-5-8-19-15(23)13-22-11-6-7-14(12-22)16(24)20-9-10-21-17(25)26-18(2,3)4/h14H,5-13H2,1-4H3,(H,19,23)(H,20,24)(H,21,25). The maximum atomic E-state index is 12.3. The van der Waals surface area contributed by atoms with Crippen molar-refractivity contribution in [2.75, 3.05) is 39.3 Å². The molecule has 26 heavy (non-hydrogen) atoms. The zero-order valence-corrected chi connectivity index (χ0v) is 16.5. The van der Waals surface area contributed by atoms with Crippen molar-refractivity contribution in [1.82, 2.24) is 20.9 Å². The van der Waals surface area contributed by atoms with E-state index in [1.165, 1.54) is 0 Å². The number of carbonyl (C=O) groups is 3. The fourth-order valence-corrected chi connectivity index (χ4v) is 2.75. The minimum atomic E-state index is -0.539. The molecule has 1 saturated heterocycles. The van der Waals surface area contributed by atoms with Crippen LogP contribution in [0, 0.1) is 5.92 Å². The number of ether oxygens (including phenoxy) is 1. The van der Waals surface area contributed by atoms with Crippen molar-refractivity contribution >= 4 is 17.9 Å². The van der Waals surface area contributed by atoms with Gasteiger partial charge in [0.15, 0.2) is 0 Å². The van der Waals surface area contributed by atoms with Gasteiger partial charge in [0.25, 0.3) is 0 Å². The van der Waals surface area contributed by atoms with E-state index in [1.54, 1.807) is 20.8 Å². The van der Waals surface area contributed by atoms with E-state index in [0.717, 1.165) is 25.8 Å².